The molecule has 0 spiro atoms. The highest BCUT2D eigenvalue weighted by atomic mass is 19.1. The Morgan fingerprint density at radius 1 is 1.39 bits per heavy atom. The van der Waals surface area contributed by atoms with E-state index in [-0.39, 0.29) is 11.9 Å². The van der Waals surface area contributed by atoms with Gasteiger partial charge in [-0.25, -0.2) is 9.18 Å². The number of benzene rings is 1. The summed E-state index contributed by atoms with van der Waals surface area (Å²) in [6, 6.07) is 6.01. The molecule has 23 heavy (non-hydrogen) atoms. The van der Waals surface area contributed by atoms with E-state index in [0.29, 0.717) is 30.4 Å². The number of carboxylic acid groups (broad SMARTS) is 1. The molecule has 1 N–H and O–H groups in total. The van der Waals surface area contributed by atoms with Crippen molar-refractivity contribution in [2.45, 2.75) is 44.2 Å². The van der Waals surface area contributed by atoms with Gasteiger partial charge in [0.05, 0.1) is 6.04 Å². The molecule has 4 atom stereocenters. The lowest BCUT2D eigenvalue weighted by atomic mass is 9.91. The number of hydrogen-bond acceptors (Lipinski definition) is 2. The van der Waals surface area contributed by atoms with Gasteiger partial charge >= 0.3 is 6.09 Å². The van der Waals surface area contributed by atoms with Gasteiger partial charge in [-0.1, -0.05) is 24.6 Å². The van der Waals surface area contributed by atoms with E-state index in [0.717, 1.165) is 19.3 Å². The van der Waals surface area contributed by atoms with Gasteiger partial charge in [-0.05, 0) is 43.6 Å². The summed E-state index contributed by atoms with van der Waals surface area (Å²) in [4.78, 5) is 13.5. The van der Waals surface area contributed by atoms with Crippen molar-refractivity contribution in [3.8, 4) is 0 Å². The molecule has 2 aliphatic rings. The number of amides is 1. The average molecular weight is 321 g/mol. The molecule has 1 amide bonds. The fraction of sp³-hybridized carbons (Fsp3) is 0.611. The second-order valence-electron chi connectivity index (χ2n) is 6.75. The van der Waals surface area contributed by atoms with Gasteiger partial charge in [-0.15, -0.1) is 0 Å². The van der Waals surface area contributed by atoms with Crippen LogP contribution in [0.15, 0.2) is 24.3 Å². The molecule has 5 heteroatoms. The lowest BCUT2D eigenvalue weighted by Crippen LogP contribution is -2.45. The smallest absolute Gasteiger partial charge is 0.408 e. The zero-order chi connectivity index (χ0) is 16.4. The van der Waals surface area contributed by atoms with Crippen molar-refractivity contribution in [2.75, 3.05) is 13.7 Å². The first-order chi connectivity index (χ1) is 11.1. The molecule has 3 rings (SSSR count). The van der Waals surface area contributed by atoms with Gasteiger partial charge in [0, 0.05) is 25.3 Å². The molecule has 0 saturated heterocycles. The van der Waals surface area contributed by atoms with E-state index in [9.17, 15) is 14.3 Å². The maximum Gasteiger partial charge on any atom is 0.408 e. The summed E-state index contributed by atoms with van der Waals surface area (Å²) >= 11 is 0. The summed E-state index contributed by atoms with van der Waals surface area (Å²) < 4.78 is 19.5. The molecule has 2 fully saturated rings. The Kier molecular flexibility index (Phi) is 4.85. The van der Waals surface area contributed by atoms with E-state index in [1.807, 2.05) is 0 Å². The summed E-state index contributed by atoms with van der Waals surface area (Å²) in [6.45, 7) is 0.406. The van der Waals surface area contributed by atoms with Crippen molar-refractivity contribution >= 4 is 6.09 Å². The van der Waals surface area contributed by atoms with Crippen molar-refractivity contribution in [3.63, 3.8) is 0 Å². The number of ether oxygens (including phenoxy) is 1. The average Bonchev–Trinajstić information content (AvgIpc) is 3.14. The number of nitrogens with zero attached hydrogens (tertiary/aromatic N) is 1. The van der Waals surface area contributed by atoms with E-state index < -0.39 is 12.1 Å². The molecule has 0 heterocycles. The maximum absolute atomic E-state index is 14.3. The molecule has 2 aliphatic carbocycles. The first-order valence-electron chi connectivity index (χ1n) is 8.36. The van der Waals surface area contributed by atoms with Crippen LogP contribution in [0.25, 0.3) is 0 Å². The standard InChI is InChI=1S/C18H24FNO3/c1-23-9-8-16(14-4-2-3-5-15(14)19)20(18(21)22)17-11-12-6-7-13(17)10-12/h2-5,12-13,16-17H,6-11H2,1H3,(H,21,22)/t12?,13?,16-,17?/m0/s1. The summed E-state index contributed by atoms with van der Waals surface area (Å²) in [5.41, 5.74) is 0.453. The molecule has 1 aromatic rings. The third-order valence-electron chi connectivity index (χ3n) is 5.47. The Morgan fingerprint density at radius 3 is 2.74 bits per heavy atom. The van der Waals surface area contributed by atoms with E-state index in [2.05, 4.69) is 0 Å². The van der Waals surface area contributed by atoms with Crippen LogP contribution in [-0.2, 0) is 4.74 Å². The number of halogens is 1. The predicted molar refractivity (Wildman–Crippen MR) is 84.7 cm³/mol. The highest BCUT2D eigenvalue weighted by molar-refractivity contribution is 5.66. The molecular formula is C18H24FNO3. The van der Waals surface area contributed by atoms with Gasteiger partial charge in [-0.2, -0.15) is 0 Å². The molecule has 126 valence electrons. The zero-order valence-corrected chi connectivity index (χ0v) is 13.5. The van der Waals surface area contributed by atoms with Crippen LogP contribution >= 0.6 is 0 Å². The molecule has 4 nitrogen and oxygen atoms in total. The Labute approximate surface area is 136 Å². The van der Waals surface area contributed by atoms with Gasteiger partial charge in [0.15, 0.2) is 0 Å². The minimum Gasteiger partial charge on any atom is -0.465 e. The highest BCUT2D eigenvalue weighted by Gasteiger charge is 2.46. The molecule has 0 aromatic heterocycles. The van der Waals surface area contributed by atoms with Crippen molar-refractivity contribution < 1.29 is 19.0 Å². The first kappa shape index (κ1) is 16.2. The van der Waals surface area contributed by atoms with Gasteiger partial charge in [-0.3, -0.25) is 4.90 Å². The maximum atomic E-state index is 14.3. The second kappa shape index (κ2) is 6.87. The fourth-order valence-corrected chi connectivity index (χ4v) is 4.48. The van der Waals surface area contributed by atoms with Crippen LogP contribution in [0.2, 0.25) is 0 Å². The molecule has 0 aliphatic heterocycles. The van der Waals surface area contributed by atoms with Gasteiger partial charge in [0.1, 0.15) is 5.82 Å². The Balaban J connectivity index is 1.92. The first-order valence-corrected chi connectivity index (χ1v) is 8.36. The van der Waals surface area contributed by atoms with E-state index in [4.69, 9.17) is 4.74 Å². The van der Waals surface area contributed by atoms with Crippen LogP contribution < -0.4 is 0 Å². The number of methoxy groups -OCH3 is 1. The van der Waals surface area contributed by atoms with Gasteiger partial charge < -0.3 is 9.84 Å². The van der Waals surface area contributed by atoms with Crippen LogP contribution in [-0.4, -0.2) is 35.9 Å². The molecule has 2 saturated carbocycles. The van der Waals surface area contributed by atoms with Crippen LogP contribution in [0.1, 0.15) is 43.7 Å². The summed E-state index contributed by atoms with van der Waals surface area (Å²) in [5, 5.41) is 9.85. The van der Waals surface area contributed by atoms with Crippen LogP contribution in [0.5, 0.6) is 0 Å². The largest absolute Gasteiger partial charge is 0.465 e. The Bertz CT molecular complexity index is 565. The SMILES string of the molecule is COCC[C@@H](c1ccccc1F)N(C(=O)O)C1CC2CCC1C2. The summed E-state index contributed by atoms with van der Waals surface area (Å²) in [6.07, 6.45) is 3.84. The summed E-state index contributed by atoms with van der Waals surface area (Å²) in [7, 11) is 1.58. The molecular weight excluding hydrogens is 297 g/mol. The number of rotatable bonds is 6. The fourth-order valence-electron chi connectivity index (χ4n) is 4.48. The third-order valence-corrected chi connectivity index (χ3v) is 5.47. The number of hydrogen-bond donors (Lipinski definition) is 1. The minimum atomic E-state index is -0.952. The quantitative estimate of drug-likeness (QED) is 0.859. The van der Waals surface area contributed by atoms with Crippen molar-refractivity contribution in [2.24, 2.45) is 11.8 Å². The molecule has 0 radical (unpaired) electrons. The topological polar surface area (TPSA) is 49.8 Å². The lowest BCUT2D eigenvalue weighted by molar-refractivity contribution is 0.0613. The lowest BCUT2D eigenvalue weighted by Gasteiger charge is -2.38. The molecule has 3 unspecified atom stereocenters. The van der Waals surface area contributed by atoms with Gasteiger partial charge in [0.25, 0.3) is 0 Å². The van der Waals surface area contributed by atoms with Crippen LogP contribution in [0.4, 0.5) is 9.18 Å². The normalized spacial score (nSPS) is 27.1. The predicted octanol–water partition coefficient (Wildman–Crippen LogP) is 4.07. The van der Waals surface area contributed by atoms with Crippen molar-refractivity contribution in [1.82, 2.24) is 4.90 Å². The number of carbonyl (C=O) groups is 1. The third kappa shape index (κ3) is 3.20. The zero-order valence-electron chi connectivity index (χ0n) is 13.5. The number of fused-ring (bicyclic) bond motifs is 2. The van der Waals surface area contributed by atoms with Crippen molar-refractivity contribution in [3.05, 3.63) is 35.6 Å². The highest BCUT2D eigenvalue weighted by Crippen LogP contribution is 2.48. The Hall–Kier alpha value is -1.62. The van der Waals surface area contributed by atoms with Crippen LogP contribution in [0.3, 0.4) is 0 Å². The molecule has 2 bridgehead atoms. The summed E-state index contributed by atoms with van der Waals surface area (Å²) in [5.74, 6) is 0.714. The van der Waals surface area contributed by atoms with E-state index in [1.54, 1.807) is 25.3 Å². The van der Waals surface area contributed by atoms with Crippen molar-refractivity contribution in [1.29, 1.82) is 0 Å². The Morgan fingerprint density at radius 2 is 2.17 bits per heavy atom. The van der Waals surface area contributed by atoms with E-state index >= 15 is 0 Å². The van der Waals surface area contributed by atoms with Crippen LogP contribution in [0, 0.1) is 17.7 Å². The second-order valence-corrected chi connectivity index (χ2v) is 6.75. The molecule has 1 aromatic carbocycles. The van der Waals surface area contributed by atoms with E-state index in [1.165, 1.54) is 17.4 Å². The monoisotopic (exact) mass is 321 g/mol. The minimum absolute atomic E-state index is 0.00714. The van der Waals surface area contributed by atoms with Gasteiger partial charge in [0.2, 0.25) is 0 Å².